The quantitative estimate of drug-likeness (QED) is 0.919. The molecule has 1 aromatic rings. The van der Waals surface area contributed by atoms with E-state index in [2.05, 4.69) is 0 Å². The highest BCUT2D eigenvalue weighted by atomic mass is 19.1. The van der Waals surface area contributed by atoms with E-state index in [9.17, 15) is 14.3 Å². The topological polar surface area (TPSA) is 40.5 Å². The molecule has 20 heavy (non-hydrogen) atoms. The summed E-state index contributed by atoms with van der Waals surface area (Å²) in [5.74, 6) is -0.0273. The largest absolute Gasteiger partial charge is 0.393 e. The van der Waals surface area contributed by atoms with Crippen LogP contribution in [0, 0.1) is 11.7 Å². The van der Waals surface area contributed by atoms with Gasteiger partial charge in [0.25, 0.3) is 0 Å². The summed E-state index contributed by atoms with van der Waals surface area (Å²) in [6.45, 7) is 3.14. The lowest BCUT2D eigenvalue weighted by Crippen LogP contribution is -2.43. The first kappa shape index (κ1) is 15.0. The van der Waals surface area contributed by atoms with Crippen molar-refractivity contribution in [2.45, 2.75) is 38.7 Å². The van der Waals surface area contributed by atoms with Crippen molar-refractivity contribution < 1.29 is 14.3 Å². The molecule has 1 amide bonds. The van der Waals surface area contributed by atoms with E-state index in [1.807, 2.05) is 4.90 Å². The number of hydrogen-bond donors (Lipinski definition) is 1. The zero-order valence-corrected chi connectivity index (χ0v) is 11.9. The maximum absolute atomic E-state index is 13.5. The Balaban J connectivity index is 1.87. The predicted molar refractivity (Wildman–Crippen MR) is 75.7 cm³/mol. The summed E-state index contributed by atoms with van der Waals surface area (Å²) in [7, 11) is 0. The lowest BCUT2D eigenvalue weighted by atomic mass is 9.93. The number of amides is 1. The molecular weight excluding hydrogens is 257 g/mol. The highest BCUT2D eigenvalue weighted by Crippen LogP contribution is 2.20. The summed E-state index contributed by atoms with van der Waals surface area (Å²) in [4.78, 5) is 14.0. The Kier molecular flexibility index (Phi) is 5.12. The first-order valence-corrected chi connectivity index (χ1v) is 7.27. The van der Waals surface area contributed by atoms with E-state index in [0.29, 0.717) is 24.9 Å². The molecule has 0 radical (unpaired) electrons. The molecule has 4 heteroatoms. The summed E-state index contributed by atoms with van der Waals surface area (Å²) in [5.41, 5.74) is 0.588. The lowest BCUT2D eigenvalue weighted by Gasteiger charge is -2.34. The normalized spacial score (nSPS) is 20.8. The number of rotatable bonds is 4. The Hall–Kier alpha value is -1.42. The number of aliphatic hydroxyl groups excluding tert-OH is 1. The van der Waals surface area contributed by atoms with E-state index in [0.717, 1.165) is 19.4 Å². The van der Waals surface area contributed by atoms with Gasteiger partial charge < -0.3 is 10.0 Å². The molecule has 0 spiro atoms. The Morgan fingerprint density at radius 2 is 2.25 bits per heavy atom. The van der Waals surface area contributed by atoms with Crippen molar-refractivity contribution in [2.24, 2.45) is 5.92 Å². The molecule has 1 N–H and O–H groups in total. The minimum Gasteiger partial charge on any atom is -0.393 e. The molecule has 1 aromatic carbocycles. The SMILES string of the molecule is CC(O)C1CCCN(C(=O)CCc2ccccc2F)C1. The number of nitrogens with zero attached hydrogens (tertiary/aromatic N) is 1. The number of carbonyl (C=O) groups excluding carboxylic acids is 1. The average Bonchev–Trinajstić information content (AvgIpc) is 2.46. The first-order chi connectivity index (χ1) is 9.58. The number of aryl methyl sites for hydroxylation is 1. The molecule has 1 aliphatic rings. The molecule has 2 atom stereocenters. The predicted octanol–water partition coefficient (Wildman–Crippen LogP) is 2.38. The molecule has 110 valence electrons. The molecule has 2 unspecified atom stereocenters. The molecular formula is C16H22FNO2. The second-order valence-electron chi connectivity index (χ2n) is 5.57. The van der Waals surface area contributed by atoms with Crippen molar-refractivity contribution in [1.29, 1.82) is 0 Å². The zero-order chi connectivity index (χ0) is 14.5. The fourth-order valence-corrected chi connectivity index (χ4v) is 2.73. The van der Waals surface area contributed by atoms with Gasteiger partial charge in [-0.2, -0.15) is 0 Å². The second kappa shape index (κ2) is 6.84. The maximum atomic E-state index is 13.5. The average molecular weight is 279 g/mol. The van der Waals surface area contributed by atoms with Gasteiger partial charge in [-0.3, -0.25) is 4.79 Å². The van der Waals surface area contributed by atoms with E-state index < -0.39 is 0 Å². The summed E-state index contributed by atoms with van der Waals surface area (Å²) >= 11 is 0. The van der Waals surface area contributed by atoms with Crippen molar-refractivity contribution >= 4 is 5.91 Å². The van der Waals surface area contributed by atoms with Gasteiger partial charge in [-0.25, -0.2) is 4.39 Å². The molecule has 0 aromatic heterocycles. The Labute approximate surface area is 119 Å². The van der Waals surface area contributed by atoms with Gasteiger partial charge in [0, 0.05) is 25.4 Å². The highest BCUT2D eigenvalue weighted by Gasteiger charge is 2.26. The number of halogens is 1. The first-order valence-electron chi connectivity index (χ1n) is 7.27. The third-order valence-corrected chi connectivity index (χ3v) is 4.06. The molecule has 3 nitrogen and oxygen atoms in total. The van der Waals surface area contributed by atoms with Gasteiger partial charge in [-0.15, -0.1) is 0 Å². The van der Waals surface area contributed by atoms with Crippen LogP contribution in [0.4, 0.5) is 4.39 Å². The molecule has 0 aliphatic carbocycles. The van der Waals surface area contributed by atoms with Gasteiger partial charge in [-0.1, -0.05) is 18.2 Å². The fourth-order valence-electron chi connectivity index (χ4n) is 2.73. The van der Waals surface area contributed by atoms with E-state index in [4.69, 9.17) is 0 Å². The minimum atomic E-state index is -0.378. The van der Waals surface area contributed by atoms with Gasteiger partial charge in [0.2, 0.25) is 5.91 Å². The Bertz CT molecular complexity index is 462. The van der Waals surface area contributed by atoms with Gasteiger partial charge in [0.15, 0.2) is 0 Å². The van der Waals surface area contributed by atoms with Crippen LogP contribution in [-0.4, -0.2) is 35.1 Å². The molecule has 0 saturated carbocycles. The summed E-state index contributed by atoms with van der Waals surface area (Å²) < 4.78 is 13.5. The van der Waals surface area contributed by atoms with E-state index in [-0.39, 0.29) is 23.7 Å². The van der Waals surface area contributed by atoms with Crippen LogP contribution in [0.3, 0.4) is 0 Å². The molecule has 1 heterocycles. The third-order valence-electron chi connectivity index (χ3n) is 4.06. The van der Waals surface area contributed by atoms with Crippen LogP contribution in [0.15, 0.2) is 24.3 Å². The number of likely N-dealkylation sites (tertiary alicyclic amines) is 1. The molecule has 2 rings (SSSR count). The Morgan fingerprint density at radius 1 is 1.50 bits per heavy atom. The van der Waals surface area contributed by atoms with E-state index in [1.165, 1.54) is 6.07 Å². The van der Waals surface area contributed by atoms with Crippen molar-refractivity contribution in [3.63, 3.8) is 0 Å². The summed E-state index contributed by atoms with van der Waals surface area (Å²) in [5, 5.41) is 9.63. The smallest absolute Gasteiger partial charge is 0.222 e. The van der Waals surface area contributed by atoms with E-state index in [1.54, 1.807) is 25.1 Å². The monoisotopic (exact) mass is 279 g/mol. The van der Waals surface area contributed by atoms with Gasteiger partial charge in [-0.05, 0) is 37.8 Å². The molecule has 1 fully saturated rings. The summed E-state index contributed by atoms with van der Waals surface area (Å²) in [6.07, 6.45) is 2.28. The van der Waals surface area contributed by atoms with Crippen molar-refractivity contribution in [3.8, 4) is 0 Å². The van der Waals surface area contributed by atoms with Gasteiger partial charge >= 0.3 is 0 Å². The zero-order valence-electron chi connectivity index (χ0n) is 11.9. The van der Waals surface area contributed by atoms with Crippen LogP contribution >= 0.6 is 0 Å². The standard InChI is InChI=1S/C16H22FNO2/c1-12(19)14-6-4-10-18(11-14)16(20)9-8-13-5-2-3-7-15(13)17/h2-3,5,7,12,14,19H,4,6,8-11H2,1H3. The number of aliphatic hydroxyl groups is 1. The van der Waals surface area contributed by atoms with Crippen LogP contribution in [0.5, 0.6) is 0 Å². The lowest BCUT2D eigenvalue weighted by molar-refractivity contribution is -0.133. The highest BCUT2D eigenvalue weighted by molar-refractivity contribution is 5.76. The molecule has 1 aliphatic heterocycles. The third kappa shape index (κ3) is 3.79. The van der Waals surface area contributed by atoms with Crippen LogP contribution in [-0.2, 0) is 11.2 Å². The second-order valence-corrected chi connectivity index (χ2v) is 5.57. The maximum Gasteiger partial charge on any atom is 0.222 e. The van der Waals surface area contributed by atoms with Gasteiger partial charge in [0.05, 0.1) is 6.10 Å². The number of benzene rings is 1. The van der Waals surface area contributed by atoms with Gasteiger partial charge in [0.1, 0.15) is 5.82 Å². The van der Waals surface area contributed by atoms with Crippen molar-refractivity contribution in [3.05, 3.63) is 35.6 Å². The Morgan fingerprint density at radius 3 is 2.95 bits per heavy atom. The number of carbonyl (C=O) groups is 1. The number of piperidine rings is 1. The van der Waals surface area contributed by atoms with Crippen LogP contribution in [0.25, 0.3) is 0 Å². The van der Waals surface area contributed by atoms with Crippen molar-refractivity contribution in [2.75, 3.05) is 13.1 Å². The van der Waals surface area contributed by atoms with Crippen LogP contribution in [0.1, 0.15) is 31.7 Å². The summed E-state index contributed by atoms with van der Waals surface area (Å²) in [6, 6.07) is 6.58. The van der Waals surface area contributed by atoms with Crippen LogP contribution < -0.4 is 0 Å². The molecule has 1 saturated heterocycles. The molecule has 0 bridgehead atoms. The van der Waals surface area contributed by atoms with Crippen LogP contribution in [0.2, 0.25) is 0 Å². The van der Waals surface area contributed by atoms with Crippen molar-refractivity contribution in [1.82, 2.24) is 4.90 Å². The minimum absolute atomic E-state index is 0.0543. The number of hydrogen-bond acceptors (Lipinski definition) is 2. The fraction of sp³-hybridized carbons (Fsp3) is 0.562. The van der Waals surface area contributed by atoms with E-state index >= 15 is 0 Å².